The number of benzene rings is 1. The molecule has 0 saturated heterocycles. The Balaban J connectivity index is 2.35. The molecule has 1 aliphatic rings. The monoisotopic (exact) mass is 233 g/mol. The summed E-state index contributed by atoms with van der Waals surface area (Å²) in [6, 6.07) is 5.92. The van der Waals surface area contributed by atoms with E-state index < -0.39 is 5.97 Å². The molecule has 4 nitrogen and oxygen atoms in total. The van der Waals surface area contributed by atoms with Crippen molar-refractivity contribution in [2.24, 2.45) is 5.16 Å². The lowest BCUT2D eigenvalue weighted by molar-refractivity contribution is -0.140. The lowest BCUT2D eigenvalue weighted by atomic mass is 9.90. The van der Waals surface area contributed by atoms with E-state index in [9.17, 15) is 4.79 Å². The molecule has 4 heteroatoms. The highest BCUT2D eigenvalue weighted by molar-refractivity contribution is 6.02. The van der Waals surface area contributed by atoms with E-state index in [4.69, 9.17) is 9.57 Å². The first-order valence-corrected chi connectivity index (χ1v) is 5.62. The van der Waals surface area contributed by atoms with Gasteiger partial charge in [-0.1, -0.05) is 11.2 Å². The van der Waals surface area contributed by atoms with Gasteiger partial charge in [0.15, 0.2) is 0 Å². The smallest absolute Gasteiger partial charge is 0.331 e. The molecule has 1 aliphatic carbocycles. The molecule has 0 unspecified atom stereocenters. The van der Waals surface area contributed by atoms with E-state index in [1.807, 2.05) is 18.2 Å². The molecule has 0 aromatic heterocycles. The third-order valence-electron chi connectivity index (χ3n) is 2.77. The lowest BCUT2D eigenvalue weighted by Crippen LogP contribution is -2.13. The number of carbonyl (C=O) groups excluding carboxylic acids is 1. The normalized spacial score (nSPS) is 16.5. The number of ether oxygens (including phenoxy) is 1. The number of oxime groups is 1. The van der Waals surface area contributed by atoms with Crippen molar-refractivity contribution >= 4 is 11.7 Å². The van der Waals surface area contributed by atoms with Gasteiger partial charge < -0.3 is 9.57 Å². The first-order valence-electron chi connectivity index (χ1n) is 5.62. The fourth-order valence-electron chi connectivity index (χ4n) is 1.96. The summed E-state index contributed by atoms with van der Waals surface area (Å²) in [5, 5.41) is 3.91. The maximum Gasteiger partial charge on any atom is 0.331 e. The van der Waals surface area contributed by atoms with E-state index in [2.05, 4.69) is 5.16 Å². The molecule has 2 rings (SSSR count). The van der Waals surface area contributed by atoms with Crippen LogP contribution < -0.4 is 4.74 Å². The fourth-order valence-corrected chi connectivity index (χ4v) is 1.96. The topological polar surface area (TPSA) is 47.9 Å². The third-order valence-corrected chi connectivity index (χ3v) is 2.77. The number of rotatable bonds is 2. The highest BCUT2D eigenvalue weighted by atomic mass is 16.7. The first-order chi connectivity index (χ1) is 8.20. The average molecular weight is 233 g/mol. The molecular weight excluding hydrogens is 218 g/mol. The molecule has 0 bridgehead atoms. The van der Waals surface area contributed by atoms with Gasteiger partial charge in [-0.05, 0) is 37.0 Å². The van der Waals surface area contributed by atoms with Gasteiger partial charge >= 0.3 is 5.97 Å². The Morgan fingerprint density at radius 2 is 2.18 bits per heavy atom. The zero-order chi connectivity index (χ0) is 12.3. The summed E-state index contributed by atoms with van der Waals surface area (Å²) < 4.78 is 5.19. The van der Waals surface area contributed by atoms with Crippen LogP contribution in [0, 0.1) is 0 Å². The van der Waals surface area contributed by atoms with Gasteiger partial charge in [-0.25, -0.2) is 4.79 Å². The number of methoxy groups -OCH3 is 1. The molecule has 0 heterocycles. The molecule has 1 aromatic carbocycles. The van der Waals surface area contributed by atoms with Crippen molar-refractivity contribution in [3.8, 4) is 5.75 Å². The third kappa shape index (κ3) is 2.64. The van der Waals surface area contributed by atoms with Crippen LogP contribution in [0.4, 0.5) is 0 Å². The highest BCUT2D eigenvalue weighted by Crippen LogP contribution is 2.25. The van der Waals surface area contributed by atoms with E-state index in [1.54, 1.807) is 7.11 Å². The second kappa shape index (κ2) is 4.99. The predicted octanol–water partition coefficient (Wildman–Crippen LogP) is 2.30. The predicted molar refractivity (Wildman–Crippen MR) is 64.2 cm³/mol. The summed E-state index contributed by atoms with van der Waals surface area (Å²) in [4.78, 5) is 15.5. The Bertz CT molecular complexity index is 466. The molecule has 0 radical (unpaired) electrons. The quantitative estimate of drug-likeness (QED) is 0.581. The van der Waals surface area contributed by atoms with Crippen molar-refractivity contribution in [3.05, 3.63) is 29.3 Å². The summed E-state index contributed by atoms with van der Waals surface area (Å²) in [6.07, 6.45) is 2.88. The first kappa shape index (κ1) is 11.6. The number of hydrogen-bond donors (Lipinski definition) is 0. The van der Waals surface area contributed by atoms with E-state index in [1.165, 1.54) is 12.5 Å². The van der Waals surface area contributed by atoms with Crippen molar-refractivity contribution in [2.45, 2.75) is 26.2 Å². The van der Waals surface area contributed by atoms with Gasteiger partial charge in [0.05, 0.1) is 12.8 Å². The van der Waals surface area contributed by atoms with Crippen molar-refractivity contribution in [1.29, 1.82) is 0 Å². The van der Waals surface area contributed by atoms with Gasteiger partial charge in [0, 0.05) is 12.5 Å². The van der Waals surface area contributed by atoms with Gasteiger partial charge in [0.1, 0.15) is 5.75 Å². The van der Waals surface area contributed by atoms with Crippen molar-refractivity contribution < 1.29 is 14.4 Å². The van der Waals surface area contributed by atoms with Gasteiger partial charge in [0.25, 0.3) is 0 Å². The summed E-state index contributed by atoms with van der Waals surface area (Å²) >= 11 is 0. The van der Waals surface area contributed by atoms with Gasteiger partial charge in [-0.2, -0.15) is 0 Å². The Morgan fingerprint density at radius 1 is 1.35 bits per heavy atom. The van der Waals surface area contributed by atoms with Crippen molar-refractivity contribution in [1.82, 2.24) is 0 Å². The second-order valence-electron chi connectivity index (χ2n) is 4.00. The standard InChI is InChI=1S/C13H15NO3/c1-9(15)17-14-13-5-3-4-10-6-7-11(16-2)8-12(10)13/h6-8H,3-5H2,1-2H3/b14-13+. The summed E-state index contributed by atoms with van der Waals surface area (Å²) in [6.45, 7) is 1.35. The van der Waals surface area contributed by atoms with Gasteiger partial charge in [-0.15, -0.1) is 0 Å². The van der Waals surface area contributed by atoms with Crippen LogP contribution in [-0.4, -0.2) is 18.8 Å². The summed E-state index contributed by atoms with van der Waals surface area (Å²) in [5.74, 6) is 0.397. The van der Waals surface area contributed by atoms with Crippen LogP contribution >= 0.6 is 0 Å². The van der Waals surface area contributed by atoms with Crippen LogP contribution in [-0.2, 0) is 16.1 Å². The molecule has 0 amide bonds. The van der Waals surface area contributed by atoms with E-state index in [0.717, 1.165) is 36.3 Å². The van der Waals surface area contributed by atoms with Gasteiger partial charge in [-0.3, -0.25) is 0 Å². The Labute approximate surface area is 100 Å². The number of nitrogens with zero attached hydrogens (tertiary/aromatic N) is 1. The maximum absolute atomic E-state index is 10.8. The molecule has 0 N–H and O–H groups in total. The molecule has 0 spiro atoms. The molecule has 0 saturated carbocycles. The Hall–Kier alpha value is -1.84. The minimum Gasteiger partial charge on any atom is -0.497 e. The van der Waals surface area contributed by atoms with Crippen LogP contribution in [0.5, 0.6) is 5.75 Å². The molecule has 0 aliphatic heterocycles. The van der Waals surface area contributed by atoms with E-state index in [-0.39, 0.29) is 0 Å². The minimum atomic E-state index is -0.396. The van der Waals surface area contributed by atoms with Gasteiger partial charge in [0.2, 0.25) is 0 Å². The largest absolute Gasteiger partial charge is 0.497 e. The fraction of sp³-hybridized carbons (Fsp3) is 0.385. The molecule has 17 heavy (non-hydrogen) atoms. The minimum absolute atomic E-state index is 0.396. The van der Waals surface area contributed by atoms with Crippen LogP contribution in [0.2, 0.25) is 0 Å². The molecule has 0 fully saturated rings. The summed E-state index contributed by atoms with van der Waals surface area (Å²) in [7, 11) is 1.63. The van der Waals surface area contributed by atoms with E-state index >= 15 is 0 Å². The second-order valence-corrected chi connectivity index (χ2v) is 4.00. The molecular formula is C13H15NO3. The van der Waals surface area contributed by atoms with Crippen LogP contribution in [0.25, 0.3) is 0 Å². The van der Waals surface area contributed by atoms with Crippen LogP contribution in [0.1, 0.15) is 30.9 Å². The lowest BCUT2D eigenvalue weighted by Gasteiger charge is -2.17. The maximum atomic E-state index is 10.8. The number of carbonyl (C=O) groups is 1. The average Bonchev–Trinajstić information content (AvgIpc) is 2.35. The van der Waals surface area contributed by atoms with Crippen LogP contribution in [0.3, 0.4) is 0 Å². The van der Waals surface area contributed by atoms with E-state index in [0.29, 0.717) is 0 Å². The summed E-state index contributed by atoms with van der Waals surface area (Å²) in [5.41, 5.74) is 3.07. The zero-order valence-electron chi connectivity index (χ0n) is 10.0. The molecule has 90 valence electrons. The number of fused-ring (bicyclic) bond motifs is 1. The Morgan fingerprint density at radius 3 is 2.88 bits per heavy atom. The highest BCUT2D eigenvalue weighted by Gasteiger charge is 2.17. The Kier molecular flexibility index (Phi) is 3.42. The van der Waals surface area contributed by atoms with Crippen LogP contribution in [0.15, 0.2) is 23.4 Å². The molecule has 0 atom stereocenters. The van der Waals surface area contributed by atoms with Crippen molar-refractivity contribution in [2.75, 3.05) is 7.11 Å². The van der Waals surface area contributed by atoms with Crippen molar-refractivity contribution in [3.63, 3.8) is 0 Å². The molecule has 1 aromatic rings. The zero-order valence-corrected chi connectivity index (χ0v) is 10.0. The number of hydrogen-bond acceptors (Lipinski definition) is 4. The number of aryl methyl sites for hydroxylation is 1. The SMILES string of the molecule is COc1ccc2c(c1)/C(=N/OC(C)=O)CCC2.